The largest absolute Gasteiger partial charge is 0.308 e. The van der Waals surface area contributed by atoms with Gasteiger partial charge in [0.1, 0.15) is 10.3 Å². The Morgan fingerprint density at radius 3 is 2.69 bits per heavy atom. The third kappa shape index (κ3) is 2.33. The van der Waals surface area contributed by atoms with Crippen molar-refractivity contribution in [3.8, 4) is 0 Å². The van der Waals surface area contributed by atoms with Crippen LogP contribution in [-0.2, 0) is 0 Å². The van der Waals surface area contributed by atoms with E-state index in [-0.39, 0.29) is 10.9 Å². The first kappa shape index (κ1) is 12.1. The molecule has 0 radical (unpaired) electrons. The number of H-pyrrole nitrogens is 1. The van der Waals surface area contributed by atoms with Crippen molar-refractivity contribution in [3.63, 3.8) is 0 Å². The minimum Gasteiger partial charge on any atom is -0.308 e. The molecule has 1 atom stereocenters. The number of hydrogen-bond donors (Lipinski definition) is 1. The van der Waals surface area contributed by atoms with E-state index in [1.807, 2.05) is 6.92 Å². The molecule has 2 rings (SSSR count). The molecular weight excluding hydrogens is 291 g/mol. The predicted molar refractivity (Wildman–Crippen MR) is 68.0 cm³/mol. The van der Waals surface area contributed by atoms with Crippen LogP contribution in [0.3, 0.4) is 0 Å². The van der Waals surface area contributed by atoms with E-state index in [0.717, 1.165) is 18.5 Å². The Morgan fingerprint density at radius 2 is 2.12 bits per heavy atom. The van der Waals surface area contributed by atoms with Gasteiger partial charge in [0.2, 0.25) is 0 Å². The highest BCUT2D eigenvalue weighted by atomic mass is 79.9. The fraction of sp³-hybridized carbons (Fsp3) is 0.636. The highest BCUT2D eigenvalue weighted by Crippen LogP contribution is 2.35. The van der Waals surface area contributed by atoms with Gasteiger partial charge in [-0.2, -0.15) is 0 Å². The minimum absolute atomic E-state index is 0.126. The zero-order valence-electron chi connectivity index (χ0n) is 9.09. The molecule has 1 aliphatic rings. The molecule has 1 aromatic rings. The number of alkyl halides is 1. The van der Waals surface area contributed by atoms with Gasteiger partial charge in [-0.25, -0.2) is 4.98 Å². The standard InChI is InChI=1S/C11H14BrClN2O/c1-6(13)10-14-9(7-4-2-3-5-7)8(12)11(16)15-10/h6-7H,2-5H2,1H3,(H,14,15,16). The molecular formula is C11H14BrClN2O. The predicted octanol–water partition coefficient (Wildman–Crippen LogP) is 3.49. The second-order valence-corrected chi connectivity index (χ2v) is 5.70. The first-order valence-electron chi connectivity index (χ1n) is 5.53. The van der Waals surface area contributed by atoms with Gasteiger partial charge in [0.15, 0.2) is 0 Å². The van der Waals surface area contributed by atoms with Gasteiger partial charge >= 0.3 is 0 Å². The molecule has 1 fully saturated rings. The Hall–Kier alpha value is -0.350. The first-order valence-corrected chi connectivity index (χ1v) is 6.76. The fourth-order valence-corrected chi connectivity index (χ4v) is 2.77. The molecule has 0 amide bonds. The van der Waals surface area contributed by atoms with Gasteiger partial charge in [0.25, 0.3) is 5.56 Å². The molecule has 1 unspecified atom stereocenters. The minimum atomic E-state index is -0.263. The molecule has 5 heteroatoms. The van der Waals surface area contributed by atoms with Crippen LogP contribution in [0.25, 0.3) is 0 Å². The van der Waals surface area contributed by atoms with Crippen molar-refractivity contribution in [1.82, 2.24) is 9.97 Å². The molecule has 1 aliphatic carbocycles. The van der Waals surface area contributed by atoms with E-state index < -0.39 is 0 Å². The Kier molecular flexibility index (Phi) is 3.70. The van der Waals surface area contributed by atoms with Crippen LogP contribution in [0.15, 0.2) is 9.27 Å². The highest BCUT2D eigenvalue weighted by molar-refractivity contribution is 9.10. The topological polar surface area (TPSA) is 45.8 Å². The Bertz CT molecular complexity index is 438. The van der Waals surface area contributed by atoms with Gasteiger partial charge in [-0.3, -0.25) is 4.79 Å². The summed E-state index contributed by atoms with van der Waals surface area (Å²) >= 11 is 9.28. The number of hydrogen-bond acceptors (Lipinski definition) is 2. The molecule has 3 nitrogen and oxygen atoms in total. The summed E-state index contributed by atoms with van der Waals surface area (Å²) in [6.45, 7) is 1.81. The van der Waals surface area contributed by atoms with Crippen LogP contribution in [0, 0.1) is 0 Å². The molecule has 0 saturated heterocycles. The van der Waals surface area contributed by atoms with Gasteiger partial charge in [-0.15, -0.1) is 11.6 Å². The number of aromatic amines is 1. The van der Waals surface area contributed by atoms with E-state index in [2.05, 4.69) is 25.9 Å². The van der Waals surface area contributed by atoms with Crippen LogP contribution >= 0.6 is 27.5 Å². The van der Waals surface area contributed by atoms with Crippen molar-refractivity contribution in [2.45, 2.75) is 43.9 Å². The summed E-state index contributed by atoms with van der Waals surface area (Å²) in [5.41, 5.74) is 0.753. The van der Waals surface area contributed by atoms with Crippen LogP contribution < -0.4 is 5.56 Å². The Balaban J connectivity index is 2.46. The van der Waals surface area contributed by atoms with Crippen molar-refractivity contribution >= 4 is 27.5 Å². The molecule has 88 valence electrons. The van der Waals surface area contributed by atoms with Crippen molar-refractivity contribution < 1.29 is 0 Å². The number of nitrogens with zero attached hydrogens (tertiary/aromatic N) is 1. The van der Waals surface area contributed by atoms with E-state index in [4.69, 9.17) is 11.6 Å². The van der Waals surface area contributed by atoms with E-state index >= 15 is 0 Å². The number of nitrogens with one attached hydrogen (secondary N) is 1. The van der Waals surface area contributed by atoms with Crippen molar-refractivity contribution in [2.24, 2.45) is 0 Å². The lowest BCUT2D eigenvalue weighted by molar-refractivity contribution is 0.674. The maximum absolute atomic E-state index is 11.7. The molecule has 0 aromatic carbocycles. The molecule has 1 N–H and O–H groups in total. The maximum Gasteiger partial charge on any atom is 0.265 e. The van der Waals surface area contributed by atoms with Gasteiger partial charge in [0.05, 0.1) is 11.1 Å². The number of aromatic nitrogens is 2. The Morgan fingerprint density at radius 1 is 1.50 bits per heavy atom. The monoisotopic (exact) mass is 304 g/mol. The van der Waals surface area contributed by atoms with E-state index in [9.17, 15) is 4.79 Å². The number of halogens is 2. The summed E-state index contributed by atoms with van der Waals surface area (Å²) in [5, 5.41) is -0.263. The Labute approximate surface area is 108 Å². The van der Waals surface area contributed by atoms with Crippen LogP contribution in [0.4, 0.5) is 0 Å². The molecule has 0 spiro atoms. The average molecular weight is 306 g/mol. The molecule has 1 heterocycles. The van der Waals surface area contributed by atoms with Gasteiger partial charge in [0, 0.05) is 5.92 Å². The quantitative estimate of drug-likeness (QED) is 0.850. The lowest BCUT2D eigenvalue weighted by Crippen LogP contribution is -2.17. The molecule has 1 aromatic heterocycles. The van der Waals surface area contributed by atoms with Crippen LogP contribution in [0.5, 0.6) is 0 Å². The van der Waals surface area contributed by atoms with Gasteiger partial charge < -0.3 is 4.98 Å². The summed E-state index contributed by atoms with van der Waals surface area (Å²) in [6.07, 6.45) is 4.67. The molecule has 0 bridgehead atoms. The van der Waals surface area contributed by atoms with Gasteiger partial charge in [-0.05, 0) is 35.7 Å². The average Bonchev–Trinajstić information content (AvgIpc) is 2.74. The van der Waals surface area contributed by atoms with E-state index in [0.29, 0.717) is 16.2 Å². The maximum atomic E-state index is 11.7. The zero-order chi connectivity index (χ0) is 11.7. The van der Waals surface area contributed by atoms with Crippen molar-refractivity contribution in [1.29, 1.82) is 0 Å². The van der Waals surface area contributed by atoms with Gasteiger partial charge in [-0.1, -0.05) is 12.8 Å². The molecule has 16 heavy (non-hydrogen) atoms. The number of rotatable bonds is 2. The smallest absolute Gasteiger partial charge is 0.265 e. The van der Waals surface area contributed by atoms with E-state index in [1.165, 1.54) is 12.8 Å². The summed E-state index contributed by atoms with van der Waals surface area (Å²) in [6, 6.07) is 0. The summed E-state index contributed by atoms with van der Waals surface area (Å²) in [5.74, 6) is 0.975. The van der Waals surface area contributed by atoms with E-state index in [1.54, 1.807) is 0 Å². The molecule has 1 saturated carbocycles. The first-order chi connectivity index (χ1) is 7.59. The van der Waals surface area contributed by atoms with Crippen LogP contribution in [0.2, 0.25) is 0 Å². The normalized spacial score (nSPS) is 18.9. The third-order valence-electron chi connectivity index (χ3n) is 3.03. The highest BCUT2D eigenvalue weighted by Gasteiger charge is 2.23. The summed E-state index contributed by atoms with van der Waals surface area (Å²) in [4.78, 5) is 18.9. The van der Waals surface area contributed by atoms with Crippen molar-refractivity contribution in [2.75, 3.05) is 0 Å². The van der Waals surface area contributed by atoms with Crippen LogP contribution in [0.1, 0.15) is 55.4 Å². The zero-order valence-corrected chi connectivity index (χ0v) is 11.4. The third-order valence-corrected chi connectivity index (χ3v) is 4.00. The summed E-state index contributed by atoms with van der Waals surface area (Å²) in [7, 11) is 0. The second-order valence-electron chi connectivity index (χ2n) is 4.25. The van der Waals surface area contributed by atoms with Crippen LogP contribution in [-0.4, -0.2) is 9.97 Å². The molecule has 0 aliphatic heterocycles. The van der Waals surface area contributed by atoms with Crippen molar-refractivity contribution in [3.05, 3.63) is 26.3 Å². The fourth-order valence-electron chi connectivity index (χ4n) is 2.15. The lowest BCUT2D eigenvalue weighted by Gasteiger charge is -2.12. The summed E-state index contributed by atoms with van der Waals surface area (Å²) < 4.78 is 0.570. The SMILES string of the molecule is CC(Cl)c1nc(C2CCCC2)c(Br)c(=O)[nH]1. The second kappa shape index (κ2) is 4.88. The lowest BCUT2D eigenvalue weighted by atomic mass is 10.0.